The molecule has 2 saturated carbocycles. The van der Waals surface area contributed by atoms with E-state index in [1.54, 1.807) is 0 Å². The molecular weight excluding hydrogens is 754 g/mol. The fraction of sp³-hybridized carbons (Fsp3) is 0.350. The minimum absolute atomic E-state index is 0.00360. The lowest BCUT2D eigenvalue weighted by Gasteiger charge is -2.30. The van der Waals surface area contributed by atoms with E-state index in [4.69, 9.17) is 0 Å². The lowest BCUT2D eigenvalue weighted by molar-refractivity contribution is -0.119. The minimum Gasteiger partial charge on any atom is -0.478 e. The van der Waals surface area contributed by atoms with Crippen LogP contribution >= 0.6 is 0 Å². The lowest BCUT2D eigenvalue weighted by atomic mass is 9.84. The summed E-state index contributed by atoms with van der Waals surface area (Å²) in [4.78, 5) is 25.8. The average molecular weight is 791 g/mol. The molecule has 1 amide bonds. The molecule has 2 fully saturated rings. The zero-order valence-electron chi connectivity index (χ0n) is 30.3. The number of halogens is 7. The van der Waals surface area contributed by atoms with Gasteiger partial charge >= 0.3 is 5.97 Å². The van der Waals surface area contributed by atoms with Gasteiger partial charge in [0.1, 0.15) is 17.5 Å². The second kappa shape index (κ2) is 14.7. The van der Waals surface area contributed by atoms with Crippen molar-refractivity contribution in [1.29, 1.82) is 0 Å². The summed E-state index contributed by atoms with van der Waals surface area (Å²) in [5.74, 6) is -15.7. The highest BCUT2D eigenvalue weighted by Crippen LogP contribution is 2.46. The molecule has 4 aromatic carbocycles. The van der Waals surface area contributed by atoms with Crippen molar-refractivity contribution in [2.24, 2.45) is 0 Å². The van der Waals surface area contributed by atoms with Crippen molar-refractivity contribution < 1.29 is 53.8 Å². The highest BCUT2D eigenvalue weighted by Gasteiger charge is 2.39. The number of carboxylic acids is 1. The molecule has 15 heteroatoms. The largest absolute Gasteiger partial charge is 0.478 e. The van der Waals surface area contributed by atoms with Crippen LogP contribution in [0.2, 0.25) is 0 Å². The molecule has 4 aromatic rings. The number of benzene rings is 4. The van der Waals surface area contributed by atoms with Crippen molar-refractivity contribution in [3.8, 4) is 0 Å². The smallest absolute Gasteiger partial charge is 0.335 e. The van der Waals surface area contributed by atoms with E-state index in [0.29, 0.717) is 30.9 Å². The van der Waals surface area contributed by atoms with Gasteiger partial charge in [0, 0.05) is 35.5 Å². The number of carbonyl (C=O) groups is 2. The summed E-state index contributed by atoms with van der Waals surface area (Å²) in [7, 11) is -5.79. The maximum Gasteiger partial charge on any atom is 0.335 e. The fourth-order valence-electron chi connectivity index (χ4n) is 6.48. The Morgan fingerprint density at radius 2 is 1.40 bits per heavy atom. The normalized spacial score (nSPS) is 14.8. The molecule has 0 heterocycles. The summed E-state index contributed by atoms with van der Waals surface area (Å²) in [6.07, 6.45) is 3.16. The van der Waals surface area contributed by atoms with Crippen LogP contribution in [0.25, 0.3) is 0 Å². The van der Waals surface area contributed by atoms with Crippen molar-refractivity contribution in [2.75, 3.05) is 11.4 Å². The van der Waals surface area contributed by atoms with Crippen LogP contribution in [0.4, 0.5) is 36.4 Å². The van der Waals surface area contributed by atoms with Gasteiger partial charge in [0.2, 0.25) is 15.9 Å². The third-order valence-corrected chi connectivity index (χ3v) is 11.8. The Balaban J connectivity index is 1.52. The van der Waals surface area contributed by atoms with Gasteiger partial charge in [0.15, 0.2) is 28.2 Å². The van der Waals surface area contributed by atoms with Crippen LogP contribution in [-0.4, -0.2) is 36.3 Å². The molecule has 0 spiro atoms. The van der Waals surface area contributed by atoms with Crippen molar-refractivity contribution in [1.82, 2.24) is 4.31 Å². The molecule has 1 N–H and O–H groups in total. The number of amides is 1. The number of sulfonamides is 1. The molecule has 292 valence electrons. The van der Waals surface area contributed by atoms with Gasteiger partial charge in [-0.15, -0.1) is 0 Å². The van der Waals surface area contributed by atoms with Gasteiger partial charge in [-0.05, 0) is 90.3 Å². The number of carbonyl (C=O) groups excluding carboxylic acids is 1. The van der Waals surface area contributed by atoms with Gasteiger partial charge in [-0.1, -0.05) is 39.0 Å². The Morgan fingerprint density at radius 1 is 0.782 bits per heavy atom. The summed E-state index contributed by atoms with van der Waals surface area (Å²) in [6.45, 7) is 3.60. The number of hydrogen-bond acceptors (Lipinski definition) is 4. The van der Waals surface area contributed by atoms with Crippen LogP contribution in [0, 0.1) is 47.6 Å². The van der Waals surface area contributed by atoms with E-state index in [9.17, 15) is 36.3 Å². The number of hydrogen-bond donors (Lipinski definition) is 1. The molecular formula is C40H37F7N2O5S. The van der Waals surface area contributed by atoms with E-state index in [2.05, 4.69) is 6.07 Å². The molecule has 0 bridgehead atoms. The van der Waals surface area contributed by atoms with Crippen molar-refractivity contribution >= 4 is 27.6 Å². The molecule has 0 radical (unpaired) electrons. The van der Waals surface area contributed by atoms with Crippen molar-refractivity contribution in [2.45, 2.75) is 88.6 Å². The topological polar surface area (TPSA) is 95.0 Å². The Hall–Kier alpha value is -4.76. The molecule has 7 nitrogen and oxygen atoms in total. The third kappa shape index (κ3) is 8.13. The first-order valence-electron chi connectivity index (χ1n) is 17.5. The van der Waals surface area contributed by atoms with E-state index in [0.717, 1.165) is 28.9 Å². The predicted octanol–water partition coefficient (Wildman–Crippen LogP) is 9.14. The van der Waals surface area contributed by atoms with E-state index in [1.165, 1.54) is 18.2 Å². The molecule has 0 saturated heterocycles. The monoisotopic (exact) mass is 790 g/mol. The molecule has 0 atom stereocenters. The molecule has 2 aliphatic carbocycles. The minimum atomic E-state index is -5.79. The van der Waals surface area contributed by atoms with Crippen molar-refractivity contribution in [3.05, 3.63) is 128 Å². The van der Waals surface area contributed by atoms with E-state index in [-0.39, 0.29) is 51.5 Å². The third-order valence-electron chi connectivity index (χ3n) is 9.95. The van der Waals surface area contributed by atoms with Gasteiger partial charge in [-0.25, -0.2) is 43.9 Å². The number of anilines is 1. The number of aromatic carboxylic acids is 1. The first kappa shape index (κ1) is 39.9. The predicted molar refractivity (Wildman–Crippen MR) is 189 cm³/mol. The van der Waals surface area contributed by atoms with Crippen LogP contribution in [-0.2, 0) is 33.3 Å². The summed E-state index contributed by atoms with van der Waals surface area (Å²) in [6, 6.07) is 10.3. The lowest BCUT2D eigenvalue weighted by Crippen LogP contribution is -2.43. The number of carboxylic acid groups (broad SMARTS) is 1. The van der Waals surface area contributed by atoms with Crippen LogP contribution in [0.3, 0.4) is 0 Å². The Bertz CT molecular complexity index is 2280. The summed E-state index contributed by atoms with van der Waals surface area (Å²) < 4.78 is 132. The fourth-order valence-corrected chi connectivity index (χ4v) is 8.01. The SMILES string of the molecule is Cc1c(F)c(F)c(F)c(S(=O)(=O)N(CC(=O)N(Cc2cc(C3CC3)cc(C(C)(C)C)c2)c2ccc(C(=O)O)cc2C2CC2)Cc2c(F)cc(F)cc2F)c1F. The maximum absolute atomic E-state index is 15.5. The van der Waals surface area contributed by atoms with Gasteiger partial charge < -0.3 is 10.0 Å². The molecule has 6 rings (SSSR count). The highest BCUT2D eigenvalue weighted by atomic mass is 32.2. The average Bonchev–Trinajstić information content (AvgIpc) is 4.03. The van der Waals surface area contributed by atoms with Crippen molar-refractivity contribution in [3.63, 3.8) is 0 Å². The van der Waals surface area contributed by atoms with Crippen LogP contribution in [0.1, 0.15) is 102 Å². The molecule has 55 heavy (non-hydrogen) atoms. The van der Waals surface area contributed by atoms with Gasteiger partial charge in [-0.2, -0.15) is 4.31 Å². The molecule has 0 unspecified atom stereocenters. The quantitative estimate of drug-likeness (QED) is 0.0878. The molecule has 0 aromatic heterocycles. The van der Waals surface area contributed by atoms with Gasteiger partial charge in [-0.3, -0.25) is 4.79 Å². The summed E-state index contributed by atoms with van der Waals surface area (Å²) >= 11 is 0. The summed E-state index contributed by atoms with van der Waals surface area (Å²) in [5.41, 5.74) is 0.397. The Kier molecular flexibility index (Phi) is 10.7. The first-order chi connectivity index (χ1) is 25.7. The first-order valence-corrected chi connectivity index (χ1v) is 18.9. The van der Waals surface area contributed by atoms with E-state index >= 15 is 17.6 Å². The number of nitrogens with zero attached hydrogens (tertiary/aromatic N) is 2. The van der Waals surface area contributed by atoms with E-state index in [1.807, 2.05) is 32.9 Å². The molecule has 2 aliphatic rings. The Labute approximate surface area is 313 Å². The molecule has 0 aliphatic heterocycles. The van der Waals surface area contributed by atoms with Gasteiger partial charge in [0.25, 0.3) is 0 Å². The second-order valence-corrected chi connectivity index (χ2v) is 17.0. The Morgan fingerprint density at radius 3 is 1.96 bits per heavy atom. The van der Waals surface area contributed by atoms with Crippen LogP contribution in [0.5, 0.6) is 0 Å². The highest BCUT2D eigenvalue weighted by molar-refractivity contribution is 7.89. The second-order valence-electron chi connectivity index (χ2n) is 15.2. The van der Waals surface area contributed by atoms with Gasteiger partial charge in [0.05, 0.1) is 18.7 Å². The summed E-state index contributed by atoms with van der Waals surface area (Å²) in [5, 5.41) is 9.75. The van der Waals surface area contributed by atoms with Crippen LogP contribution in [0.15, 0.2) is 53.4 Å². The maximum atomic E-state index is 15.5. The van der Waals surface area contributed by atoms with Crippen LogP contribution < -0.4 is 4.90 Å². The number of rotatable bonds is 12. The van der Waals surface area contributed by atoms with E-state index < -0.39 is 91.7 Å². The zero-order valence-corrected chi connectivity index (χ0v) is 31.1. The zero-order chi connectivity index (χ0) is 40.3. The standard InChI is InChI=1S/C40H37F7N2O5S/c1-20-34(44)36(46)37(47)38(35(20)45)55(53,54)48(18-29-30(42)15-27(41)16-31(29)43)19-33(50)49(32-10-9-24(39(51)52)14-28(32)23-7-8-23)17-21-11-25(22-5-6-22)13-26(12-21)40(2,3)4/h9-16,22-23H,5-8,17-19H2,1-4H3,(H,51,52).